The molecule has 0 heterocycles. The number of hydrogen-bond acceptors (Lipinski definition) is 3. The number of halogens is 1. The monoisotopic (exact) mass is 333 g/mol. The minimum Gasteiger partial charge on any atom is -0.387 e. The van der Waals surface area contributed by atoms with Gasteiger partial charge in [0.1, 0.15) is 0 Å². The minimum atomic E-state index is -0.821. The molecule has 1 amide bonds. The molecule has 2 aromatic rings. The molecule has 0 aliphatic heterocycles. The van der Waals surface area contributed by atoms with Crippen molar-refractivity contribution in [2.45, 2.75) is 19.1 Å². The molecule has 2 aromatic carbocycles. The first-order chi connectivity index (χ1) is 11.2. The third-order valence-electron chi connectivity index (χ3n) is 3.34. The summed E-state index contributed by atoms with van der Waals surface area (Å²) in [5.74, 6) is -0.163. The Morgan fingerprint density at radius 3 is 2.57 bits per heavy atom. The van der Waals surface area contributed by atoms with Crippen LogP contribution >= 0.6 is 11.6 Å². The van der Waals surface area contributed by atoms with Gasteiger partial charge in [0.25, 0.3) is 0 Å². The van der Waals surface area contributed by atoms with Gasteiger partial charge in [0.05, 0.1) is 19.3 Å². The number of nitrogens with one attached hydrogen (secondary N) is 1. The lowest BCUT2D eigenvalue weighted by atomic mass is 10.1. The number of rotatable bonds is 8. The molecular formula is C18H20ClNO3. The van der Waals surface area contributed by atoms with Crippen LogP contribution in [0, 0.1) is 0 Å². The molecule has 0 spiro atoms. The van der Waals surface area contributed by atoms with Gasteiger partial charge >= 0.3 is 0 Å². The van der Waals surface area contributed by atoms with Gasteiger partial charge in [-0.05, 0) is 11.6 Å². The number of amides is 1. The van der Waals surface area contributed by atoms with E-state index in [1.54, 1.807) is 24.3 Å². The lowest BCUT2D eigenvalue weighted by Gasteiger charge is -2.13. The lowest BCUT2D eigenvalue weighted by molar-refractivity contribution is -0.122. The number of aliphatic hydroxyl groups is 1. The maximum absolute atomic E-state index is 11.7. The molecule has 0 aromatic heterocycles. The Hall–Kier alpha value is -1.88. The summed E-state index contributed by atoms with van der Waals surface area (Å²) in [5.41, 5.74) is 1.68. The van der Waals surface area contributed by atoms with Gasteiger partial charge in [-0.15, -0.1) is 0 Å². The quantitative estimate of drug-likeness (QED) is 0.730. The second-order valence-corrected chi connectivity index (χ2v) is 5.54. The summed E-state index contributed by atoms with van der Waals surface area (Å²) >= 11 is 6.00. The van der Waals surface area contributed by atoms with Crippen LogP contribution in [0.2, 0.25) is 5.02 Å². The topological polar surface area (TPSA) is 58.6 Å². The number of aliphatic hydroxyl groups excluding tert-OH is 1. The molecule has 1 unspecified atom stereocenters. The average molecular weight is 334 g/mol. The normalized spacial score (nSPS) is 11.9. The SMILES string of the molecule is O=C(CCOCc1ccccc1)NCC(O)c1ccccc1Cl. The molecule has 122 valence electrons. The average Bonchev–Trinajstić information content (AvgIpc) is 2.58. The van der Waals surface area contributed by atoms with Crippen LogP contribution in [-0.4, -0.2) is 24.2 Å². The number of ether oxygens (including phenoxy) is 1. The standard InChI is InChI=1S/C18H20ClNO3/c19-16-9-5-4-8-15(16)17(21)12-20-18(22)10-11-23-13-14-6-2-1-3-7-14/h1-9,17,21H,10-13H2,(H,20,22). The van der Waals surface area contributed by atoms with Crippen LogP contribution in [0.5, 0.6) is 0 Å². The molecule has 0 bridgehead atoms. The van der Waals surface area contributed by atoms with Crippen LogP contribution < -0.4 is 5.32 Å². The van der Waals surface area contributed by atoms with E-state index < -0.39 is 6.10 Å². The predicted octanol–water partition coefficient (Wildman–Crippen LogP) is 3.10. The fourth-order valence-electron chi connectivity index (χ4n) is 2.08. The summed E-state index contributed by atoms with van der Waals surface area (Å²) in [4.78, 5) is 11.7. The van der Waals surface area contributed by atoms with Crippen molar-refractivity contribution in [3.63, 3.8) is 0 Å². The van der Waals surface area contributed by atoms with Crippen molar-refractivity contribution < 1.29 is 14.6 Å². The van der Waals surface area contributed by atoms with Crippen LogP contribution in [-0.2, 0) is 16.1 Å². The Morgan fingerprint density at radius 2 is 1.83 bits per heavy atom. The molecule has 0 aliphatic rings. The molecule has 5 heteroatoms. The van der Waals surface area contributed by atoms with E-state index >= 15 is 0 Å². The first-order valence-electron chi connectivity index (χ1n) is 7.47. The van der Waals surface area contributed by atoms with E-state index in [-0.39, 0.29) is 18.9 Å². The fraction of sp³-hybridized carbons (Fsp3) is 0.278. The van der Waals surface area contributed by atoms with Crippen molar-refractivity contribution in [1.29, 1.82) is 0 Å². The summed E-state index contributed by atoms with van der Waals surface area (Å²) in [6.45, 7) is 0.945. The van der Waals surface area contributed by atoms with E-state index in [1.807, 2.05) is 30.3 Å². The fourth-order valence-corrected chi connectivity index (χ4v) is 2.34. The van der Waals surface area contributed by atoms with Gasteiger partial charge in [-0.2, -0.15) is 0 Å². The molecule has 23 heavy (non-hydrogen) atoms. The van der Waals surface area contributed by atoms with Gasteiger partial charge < -0.3 is 15.2 Å². The van der Waals surface area contributed by atoms with Gasteiger partial charge in [0.2, 0.25) is 5.91 Å². The molecule has 0 aliphatic carbocycles. The maximum Gasteiger partial charge on any atom is 0.222 e. The van der Waals surface area contributed by atoms with Gasteiger partial charge in [-0.1, -0.05) is 60.1 Å². The molecule has 2 rings (SSSR count). The second-order valence-electron chi connectivity index (χ2n) is 5.13. The van der Waals surface area contributed by atoms with E-state index in [2.05, 4.69) is 5.32 Å². The molecular weight excluding hydrogens is 314 g/mol. The summed E-state index contributed by atoms with van der Waals surface area (Å²) in [7, 11) is 0. The Morgan fingerprint density at radius 1 is 1.13 bits per heavy atom. The van der Waals surface area contributed by atoms with E-state index in [9.17, 15) is 9.90 Å². The third kappa shape index (κ3) is 6.02. The number of carbonyl (C=O) groups excluding carboxylic acids is 1. The molecule has 2 N–H and O–H groups in total. The maximum atomic E-state index is 11.7. The minimum absolute atomic E-state index is 0.126. The van der Waals surface area contributed by atoms with Gasteiger partial charge in [0.15, 0.2) is 0 Å². The zero-order chi connectivity index (χ0) is 16.5. The molecule has 0 radical (unpaired) electrons. The summed E-state index contributed by atoms with van der Waals surface area (Å²) in [5, 5.41) is 13.2. The van der Waals surface area contributed by atoms with Crippen molar-refractivity contribution in [2.75, 3.05) is 13.2 Å². The Kier molecular flexibility index (Phi) is 7.07. The highest BCUT2D eigenvalue weighted by atomic mass is 35.5. The molecule has 0 saturated carbocycles. The van der Waals surface area contributed by atoms with Gasteiger partial charge in [-0.3, -0.25) is 4.79 Å². The van der Waals surface area contributed by atoms with Crippen LogP contribution in [0.4, 0.5) is 0 Å². The van der Waals surface area contributed by atoms with Crippen LogP contribution in [0.3, 0.4) is 0 Å². The Balaban J connectivity index is 1.64. The Bertz CT molecular complexity index is 619. The van der Waals surface area contributed by atoms with Crippen molar-refractivity contribution in [3.8, 4) is 0 Å². The van der Waals surface area contributed by atoms with E-state index in [0.29, 0.717) is 23.8 Å². The molecule has 0 saturated heterocycles. The van der Waals surface area contributed by atoms with Crippen molar-refractivity contribution in [2.24, 2.45) is 0 Å². The largest absolute Gasteiger partial charge is 0.387 e. The summed E-state index contributed by atoms with van der Waals surface area (Å²) in [6, 6.07) is 16.8. The van der Waals surface area contributed by atoms with Crippen LogP contribution in [0.15, 0.2) is 54.6 Å². The highest BCUT2D eigenvalue weighted by Gasteiger charge is 2.12. The summed E-state index contributed by atoms with van der Waals surface area (Å²) in [6.07, 6.45) is -0.569. The van der Waals surface area contributed by atoms with Crippen molar-refractivity contribution in [1.82, 2.24) is 5.32 Å². The second kappa shape index (κ2) is 9.30. The van der Waals surface area contributed by atoms with Crippen LogP contribution in [0.25, 0.3) is 0 Å². The molecule has 0 fully saturated rings. The third-order valence-corrected chi connectivity index (χ3v) is 3.69. The highest BCUT2D eigenvalue weighted by molar-refractivity contribution is 6.31. The van der Waals surface area contributed by atoms with Crippen molar-refractivity contribution >= 4 is 17.5 Å². The van der Waals surface area contributed by atoms with Crippen molar-refractivity contribution in [3.05, 3.63) is 70.7 Å². The van der Waals surface area contributed by atoms with E-state index in [4.69, 9.17) is 16.3 Å². The van der Waals surface area contributed by atoms with Gasteiger partial charge in [-0.25, -0.2) is 0 Å². The van der Waals surface area contributed by atoms with E-state index in [1.165, 1.54) is 0 Å². The zero-order valence-electron chi connectivity index (χ0n) is 12.7. The van der Waals surface area contributed by atoms with Crippen LogP contribution in [0.1, 0.15) is 23.7 Å². The number of carbonyl (C=O) groups is 1. The van der Waals surface area contributed by atoms with Gasteiger partial charge in [0, 0.05) is 23.6 Å². The molecule has 1 atom stereocenters. The first-order valence-corrected chi connectivity index (χ1v) is 7.85. The zero-order valence-corrected chi connectivity index (χ0v) is 13.5. The number of benzene rings is 2. The number of hydrogen-bond donors (Lipinski definition) is 2. The first kappa shape index (κ1) is 17.5. The Labute approximate surface area is 141 Å². The molecule has 4 nitrogen and oxygen atoms in total. The smallest absolute Gasteiger partial charge is 0.222 e. The van der Waals surface area contributed by atoms with E-state index in [0.717, 1.165) is 5.56 Å². The highest BCUT2D eigenvalue weighted by Crippen LogP contribution is 2.21. The lowest BCUT2D eigenvalue weighted by Crippen LogP contribution is -2.29. The predicted molar refractivity (Wildman–Crippen MR) is 90.1 cm³/mol. The summed E-state index contributed by atoms with van der Waals surface area (Å²) < 4.78 is 5.46.